The summed E-state index contributed by atoms with van der Waals surface area (Å²) in [5.74, 6) is 1.74. The van der Waals surface area contributed by atoms with Crippen LogP contribution in [0.25, 0.3) is 11.4 Å². The van der Waals surface area contributed by atoms with Crippen LogP contribution in [0, 0.1) is 6.92 Å². The van der Waals surface area contributed by atoms with Crippen LogP contribution in [0.5, 0.6) is 5.75 Å². The monoisotopic (exact) mass is 413 g/mol. The van der Waals surface area contributed by atoms with Crippen LogP contribution >= 0.6 is 11.6 Å². The third-order valence-electron chi connectivity index (χ3n) is 4.62. The third kappa shape index (κ3) is 5.15. The summed E-state index contributed by atoms with van der Waals surface area (Å²) in [7, 11) is 1.53. The molecule has 1 heterocycles. The highest BCUT2D eigenvalue weighted by atomic mass is 35.5. The predicted octanol–water partition coefficient (Wildman–Crippen LogP) is 5.40. The lowest BCUT2D eigenvalue weighted by atomic mass is 10.0. The Morgan fingerprint density at radius 2 is 1.97 bits per heavy atom. The molecule has 0 aliphatic carbocycles. The van der Waals surface area contributed by atoms with E-state index < -0.39 is 0 Å². The molecule has 0 bridgehead atoms. The summed E-state index contributed by atoms with van der Waals surface area (Å²) in [6.45, 7) is 6.16. The van der Waals surface area contributed by atoms with Crippen LogP contribution in [0.2, 0.25) is 5.02 Å². The summed E-state index contributed by atoms with van der Waals surface area (Å²) in [6, 6.07) is 11.5. The summed E-state index contributed by atoms with van der Waals surface area (Å²) in [4.78, 5) is 16.7. The van der Waals surface area contributed by atoms with E-state index in [2.05, 4.69) is 41.4 Å². The first kappa shape index (κ1) is 20.9. The van der Waals surface area contributed by atoms with Gasteiger partial charge < -0.3 is 14.6 Å². The molecule has 29 heavy (non-hydrogen) atoms. The predicted molar refractivity (Wildman–Crippen MR) is 114 cm³/mol. The molecule has 152 valence electrons. The Labute approximate surface area is 175 Å². The smallest absolute Gasteiger partial charge is 0.227 e. The van der Waals surface area contributed by atoms with Gasteiger partial charge in [0.2, 0.25) is 17.6 Å². The number of ether oxygens (including phenoxy) is 1. The van der Waals surface area contributed by atoms with E-state index in [1.54, 1.807) is 12.1 Å². The van der Waals surface area contributed by atoms with Gasteiger partial charge in [-0.2, -0.15) is 4.98 Å². The van der Waals surface area contributed by atoms with Crippen LogP contribution in [0.15, 0.2) is 40.9 Å². The van der Waals surface area contributed by atoms with Gasteiger partial charge in [-0.15, -0.1) is 0 Å². The zero-order valence-corrected chi connectivity index (χ0v) is 17.7. The number of halogens is 1. The Balaban J connectivity index is 1.61. The maximum Gasteiger partial charge on any atom is 0.227 e. The van der Waals surface area contributed by atoms with Crippen LogP contribution in [0.3, 0.4) is 0 Å². The number of aryl methyl sites for hydroxylation is 2. The molecule has 1 aromatic heterocycles. The minimum atomic E-state index is -0.175. The van der Waals surface area contributed by atoms with Crippen LogP contribution in [-0.4, -0.2) is 23.2 Å². The van der Waals surface area contributed by atoms with E-state index in [1.165, 1.54) is 12.7 Å². The van der Waals surface area contributed by atoms with Gasteiger partial charge in [0.15, 0.2) is 0 Å². The SMILES string of the molecule is COc1cc(Cl)c(C)cc1NC(=O)CCc1nc(-c2ccc(C(C)C)cc2)no1. The van der Waals surface area contributed by atoms with E-state index in [1.807, 2.05) is 19.1 Å². The average molecular weight is 414 g/mol. The summed E-state index contributed by atoms with van der Waals surface area (Å²) in [5.41, 5.74) is 3.57. The van der Waals surface area contributed by atoms with E-state index in [0.717, 1.165) is 11.1 Å². The van der Waals surface area contributed by atoms with E-state index in [0.29, 0.717) is 40.5 Å². The van der Waals surface area contributed by atoms with E-state index >= 15 is 0 Å². The van der Waals surface area contributed by atoms with Crippen LogP contribution in [0.1, 0.15) is 43.2 Å². The second kappa shape index (κ2) is 9.09. The first-order chi connectivity index (χ1) is 13.9. The number of nitrogens with zero attached hydrogens (tertiary/aromatic N) is 2. The number of carbonyl (C=O) groups excluding carboxylic acids is 1. The summed E-state index contributed by atoms with van der Waals surface area (Å²) >= 11 is 6.10. The molecule has 0 aliphatic heterocycles. The molecule has 1 N–H and O–H groups in total. The number of aromatic nitrogens is 2. The molecule has 0 saturated carbocycles. The van der Waals surface area contributed by atoms with E-state index in [9.17, 15) is 4.79 Å². The minimum absolute atomic E-state index is 0.175. The molecule has 2 aromatic carbocycles. The van der Waals surface area contributed by atoms with Gasteiger partial charge in [-0.25, -0.2) is 0 Å². The maximum absolute atomic E-state index is 12.3. The molecule has 0 aliphatic rings. The van der Waals surface area contributed by atoms with Crippen molar-refractivity contribution in [2.24, 2.45) is 0 Å². The van der Waals surface area contributed by atoms with Crippen molar-refractivity contribution in [2.45, 2.75) is 39.5 Å². The third-order valence-corrected chi connectivity index (χ3v) is 5.03. The van der Waals surface area contributed by atoms with Crippen LogP contribution in [0.4, 0.5) is 5.69 Å². The second-order valence-corrected chi connectivity index (χ2v) is 7.55. The molecule has 0 fully saturated rings. The van der Waals surface area contributed by atoms with Gasteiger partial charge in [-0.1, -0.05) is 54.9 Å². The Hall–Kier alpha value is -2.86. The second-order valence-electron chi connectivity index (χ2n) is 7.14. The summed E-state index contributed by atoms with van der Waals surface area (Å²) in [6.07, 6.45) is 0.552. The topological polar surface area (TPSA) is 77.2 Å². The normalized spacial score (nSPS) is 11.0. The maximum atomic E-state index is 12.3. The van der Waals surface area contributed by atoms with Crippen molar-refractivity contribution in [2.75, 3.05) is 12.4 Å². The van der Waals surface area contributed by atoms with E-state index in [-0.39, 0.29) is 12.3 Å². The van der Waals surface area contributed by atoms with Crippen molar-refractivity contribution in [1.29, 1.82) is 0 Å². The Morgan fingerprint density at radius 3 is 2.62 bits per heavy atom. The zero-order chi connectivity index (χ0) is 21.0. The highest BCUT2D eigenvalue weighted by molar-refractivity contribution is 6.31. The highest BCUT2D eigenvalue weighted by Crippen LogP contribution is 2.31. The van der Waals surface area contributed by atoms with Gasteiger partial charge in [0.25, 0.3) is 0 Å². The van der Waals surface area contributed by atoms with Gasteiger partial charge in [0.1, 0.15) is 5.75 Å². The van der Waals surface area contributed by atoms with Crippen molar-refractivity contribution in [3.63, 3.8) is 0 Å². The Morgan fingerprint density at radius 1 is 1.24 bits per heavy atom. The fourth-order valence-corrected chi connectivity index (χ4v) is 3.01. The molecule has 6 nitrogen and oxygen atoms in total. The lowest BCUT2D eigenvalue weighted by Crippen LogP contribution is -2.13. The number of carbonyl (C=O) groups is 1. The molecule has 7 heteroatoms. The molecule has 3 aromatic rings. The molecular formula is C22H24ClN3O3. The summed E-state index contributed by atoms with van der Waals surface area (Å²) in [5, 5.41) is 7.44. The van der Waals surface area contributed by atoms with Crippen molar-refractivity contribution < 1.29 is 14.1 Å². The van der Waals surface area contributed by atoms with Gasteiger partial charge in [-0.05, 0) is 30.0 Å². The van der Waals surface area contributed by atoms with E-state index in [4.69, 9.17) is 20.9 Å². The molecule has 3 rings (SSSR count). The number of methoxy groups -OCH3 is 1. The number of nitrogens with one attached hydrogen (secondary N) is 1. The number of anilines is 1. The van der Waals surface area contributed by atoms with Gasteiger partial charge in [0.05, 0.1) is 12.8 Å². The molecular weight excluding hydrogens is 390 g/mol. The van der Waals surface area contributed by atoms with Gasteiger partial charge in [-0.3, -0.25) is 4.79 Å². The number of rotatable bonds is 7. The Bertz CT molecular complexity index is 997. The Kier molecular flexibility index (Phi) is 6.54. The fourth-order valence-electron chi connectivity index (χ4n) is 2.85. The molecule has 0 unspecified atom stereocenters. The molecule has 0 spiro atoms. The standard InChI is InChI=1S/C22H24ClN3O3/c1-13(2)15-5-7-16(8-6-15)22-25-21(29-26-22)10-9-20(27)24-18-11-14(3)17(23)12-19(18)28-4/h5-8,11-13H,9-10H2,1-4H3,(H,24,27). The molecule has 0 atom stereocenters. The van der Waals surface area contributed by atoms with Crippen LogP contribution < -0.4 is 10.1 Å². The largest absolute Gasteiger partial charge is 0.495 e. The number of amides is 1. The van der Waals surface area contributed by atoms with Crippen LogP contribution in [-0.2, 0) is 11.2 Å². The number of hydrogen-bond donors (Lipinski definition) is 1. The first-order valence-corrected chi connectivity index (χ1v) is 9.82. The first-order valence-electron chi connectivity index (χ1n) is 9.44. The molecule has 1 amide bonds. The van der Waals surface area contributed by atoms with Crippen molar-refractivity contribution in [1.82, 2.24) is 10.1 Å². The van der Waals surface area contributed by atoms with Crippen molar-refractivity contribution in [3.8, 4) is 17.1 Å². The number of benzene rings is 2. The zero-order valence-electron chi connectivity index (χ0n) is 17.0. The fraction of sp³-hybridized carbons (Fsp3) is 0.318. The lowest BCUT2D eigenvalue weighted by Gasteiger charge is -2.12. The summed E-state index contributed by atoms with van der Waals surface area (Å²) < 4.78 is 10.6. The van der Waals surface area contributed by atoms with Crippen molar-refractivity contribution in [3.05, 3.63) is 58.4 Å². The average Bonchev–Trinajstić information content (AvgIpc) is 3.18. The lowest BCUT2D eigenvalue weighted by molar-refractivity contribution is -0.116. The quantitative estimate of drug-likeness (QED) is 0.561. The van der Waals surface area contributed by atoms with Gasteiger partial charge >= 0.3 is 0 Å². The highest BCUT2D eigenvalue weighted by Gasteiger charge is 2.14. The number of hydrogen-bond acceptors (Lipinski definition) is 5. The van der Waals surface area contributed by atoms with Gasteiger partial charge in [0, 0.05) is 29.5 Å². The molecule has 0 saturated heterocycles. The minimum Gasteiger partial charge on any atom is -0.495 e. The molecule has 0 radical (unpaired) electrons. The van der Waals surface area contributed by atoms with Crippen molar-refractivity contribution >= 4 is 23.2 Å².